The van der Waals surface area contributed by atoms with Crippen molar-refractivity contribution in [1.29, 1.82) is 0 Å². The van der Waals surface area contributed by atoms with Crippen molar-refractivity contribution in [3.05, 3.63) is 23.8 Å². The molecular weight excluding hydrogens is 208 g/mol. The Morgan fingerprint density at radius 2 is 1.59 bits per heavy atom. The monoisotopic (exact) mass is 234 g/mol. The highest BCUT2D eigenvalue weighted by atomic mass is 14.9. The van der Waals surface area contributed by atoms with E-state index in [0.717, 1.165) is 12.8 Å². The molecule has 1 aromatic carbocycles. The number of rotatable bonds is 6. The van der Waals surface area contributed by atoms with Crippen LogP contribution in [-0.4, -0.2) is 12.1 Å². The molecule has 0 saturated carbocycles. The standard InChI is InChI=1S/C15H26N2/c1-6-12(4)16-14-9-8-11(3)15(10-14)17-13(5)7-2/h8-10,12-13,16-17H,6-7H2,1-5H3. The van der Waals surface area contributed by atoms with E-state index in [2.05, 4.69) is 63.5 Å². The van der Waals surface area contributed by atoms with Crippen LogP contribution >= 0.6 is 0 Å². The first-order valence-electron chi connectivity index (χ1n) is 6.70. The molecule has 0 spiro atoms. The lowest BCUT2D eigenvalue weighted by Crippen LogP contribution is -2.16. The summed E-state index contributed by atoms with van der Waals surface area (Å²) in [4.78, 5) is 0. The zero-order valence-corrected chi connectivity index (χ0v) is 11.8. The Morgan fingerprint density at radius 3 is 2.18 bits per heavy atom. The molecule has 0 aromatic heterocycles. The molecule has 0 fully saturated rings. The predicted molar refractivity (Wildman–Crippen MR) is 77.9 cm³/mol. The van der Waals surface area contributed by atoms with Crippen LogP contribution in [0.25, 0.3) is 0 Å². The van der Waals surface area contributed by atoms with Crippen LogP contribution in [0.2, 0.25) is 0 Å². The van der Waals surface area contributed by atoms with Gasteiger partial charge in [0.05, 0.1) is 0 Å². The Hall–Kier alpha value is -1.18. The van der Waals surface area contributed by atoms with Crippen LogP contribution in [-0.2, 0) is 0 Å². The zero-order valence-electron chi connectivity index (χ0n) is 11.8. The summed E-state index contributed by atoms with van der Waals surface area (Å²) in [5, 5.41) is 7.06. The molecule has 2 nitrogen and oxygen atoms in total. The maximum absolute atomic E-state index is 3.55. The van der Waals surface area contributed by atoms with Crippen LogP contribution in [0.5, 0.6) is 0 Å². The quantitative estimate of drug-likeness (QED) is 0.761. The van der Waals surface area contributed by atoms with Gasteiger partial charge in [0, 0.05) is 23.5 Å². The fourth-order valence-electron chi connectivity index (χ4n) is 1.62. The summed E-state index contributed by atoms with van der Waals surface area (Å²) in [7, 11) is 0. The van der Waals surface area contributed by atoms with Crippen molar-refractivity contribution < 1.29 is 0 Å². The summed E-state index contributed by atoms with van der Waals surface area (Å²) in [5.41, 5.74) is 3.75. The molecule has 17 heavy (non-hydrogen) atoms. The third kappa shape index (κ3) is 4.29. The molecule has 2 heteroatoms. The van der Waals surface area contributed by atoms with Crippen LogP contribution in [0.4, 0.5) is 11.4 Å². The average molecular weight is 234 g/mol. The maximum Gasteiger partial charge on any atom is 0.0392 e. The van der Waals surface area contributed by atoms with Gasteiger partial charge in [-0.25, -0.2) is 0 Å². The van der Waals surface area contributed by atoms with Crippen LogP contribution in [0, 0.1) is 6.92 Å². The lowest BCUT2D eigenvalue weighted by Gasteiger charge is -2.18. The molecule has 1 aromatic rings. The smallest absolute Gasteiger partial charge is 0.0392 e. The third-order valence-corrected chi connectivity index (χ3v) is 3.28. The molecule has 2 atom stereocenters. The summed E-state index contributed by atoms with van der Waals surface area (Å²) in [6.45, 7) is 11.0. The van der Waals surface area contributed by atoms with Crippen molar-refractivity contribution in [2.24, 2.45) is 0 Å². The van der Waals surface area contributed by atoms with E-state index in [9.17, 15) is 0 Å². The van der Waals surface area contributed by atoms with Crippen LogP contribution in [0.15, 0.2) is 18.2 Å². The first kappa shape index (κ1) is 13.9. The Balaban J connectivity index is 2.79. The fraction of sp³-hybridized carbons (Fsp3) is 0.600. The van der Waals surface area contributed by atoms with Crippen molar-refractivity contribution in [3.8, 4) is 0 Å². The molecule has 0 bridgehead atoms. The molecule has 0 aliphatic carbocycles. The number of hydrogen-bond donors (Lipinski definition) is 2. The van der Waals surface area contributed by atoms with Crippen molar-refractivity contribution >= 4 is 11.4 Å². The van der Waals surface area contributed by atoms with Gasteiger partial charge in [0.2, 0.25) is 0 Å². The first-order chi connectivity index (χ1) is 8.06. The van der Waals surface area contributed by atoms with Crippen molar-refractivity contribution in [2.75, 3.05) is 10.6 Å². The second-order valence-electron chi connectivity index (χ2n) is 4.94. The molecule has 0 amide bonds. The molecule has 1 rings (SSSR count). The van der Waals surface area contributed by atoms with E-state index in [4.69, 9.17) is 0 Å². The van der Waals surface area contributed by atoms with E-state index in [1.165, 1.54) is 16.9 Å². The number of anilines is 2. The topological polar surface area (TPSA) is 24.1 Å². The molecule has 96 valence electrons. The average Bonchev–Trinajstić information content (AvgIpc) is 2.33. The van der Waals surface area contributed by atoms with Gasteiger partial charge in [0.25, 0.3) is 0 Å². The fourth-order valence-corrected chi connectivity index (χ4v) is 1.62. The van der Waals surface area contributed by atoms with E-state index < -0.39 is 0 Å². The highest BCUT2D eigenvalue weighted by Gasteiger charge is 2.05. The van der Waals surface area contributed by atoms with Gasteiger partial charge in [-0.15, -0.1) is 0 Å². The molecule has 0 heterocycles. The van der Waals surface area contributed by atoms with Gasteiger partial charge in [-0.05, 0) is 51.3 Å². The summed E-state index contributed by atoms with van der Waals surface area (Å²) < 4.78 is 0. The molecule has 0 radical (unpaired) electrons. The zero-order chi connectivity index (χ0) is 12.8. The van der Waals surface area contributed by atoms with Gasteiger partial charge in [-0.2, -0.15) is 0 Å². The summed E-state index contributed by atoms with van der Waals surface area (Å²) >= 11 is 0. The van der Waals surface area contributed by atoms with Gasteiger partial charge in [-0.3, -0.25) is 0 Å². The minimum Gasteiger partial charge on any atom is -0.383 e. The van der Waals surface area contributed by atoms with Crippen LogP contribution < -0.4 is 10.6 Å². The molecule has 2 N–H and O–H groups in total. The van der Waals surface area contributed by atoms with Gasteiger partial charge in [0.1, 0.15) is 0 Å². The van der Waals surface area contributed by atoms with Crippen molar-refractivity contribution in [1.82, 2.24) is 0 Å². The highest BCUT2D eigenvalue weighted by molar-refractivity contribution is 5.61. The van der Waals surface area contributed by atoms with Gasteiger partial charge >= 0.3 is 0 Å². The van der Waals surface area contributed by atoms with Gasteiger partial charge in [-0.1, -0.05) is 19.9 Å². The summed E-state index contributed by atoms with van der Waals surface area (Å²) in [6.07, 6.45) is 2.28. The molecule has 0 aliphatic heterocycles. The SMILES string of the molecule is CCC(C)Nc1ccc(C)c(NC(C)CC)c1. The third-order valence-electron chi connectivity index (χ3n) is 3.28. The van der Waals surface area contributed by atoms with E-state index in [0.29, 0.717) is 12.1 Å². The number of aryl methyl sites for hydroxylation is 1. The van der Waals surface area contributed by atoms with Crippen molar-refractivity contribution in [3.63, 3.8) is 0 Å². The van der Waals surface area contributed by atoms with E-state index in [-0.39, 0.29) is 0 Å². The molecular formula is C15H26N2. The number of nitrogens with one attached hydrogen (secondary N) is 2. The summed E-state index contributed by atoms with van der Waals surface area (Å²) in [5.74, 6) is 0. The Labute approximate surface area is 106 Å². The lowest BCUT2D eigenvalue weighted by atomic mass is 10.1. The minimum absolute atomic E-state index is 0.521. The molecule has 0 saturated heterocycles. The second-order valence-corrected chi connectivity index (χ2v) is 4.94. The summed E-state index contributed by atoms with van der Waals surface area (Å²) in [6, 6.07) is 7.59. The van der Waals surface area contributed by atoms with Gasteiger partial charge in [0.15, 0.2) is 0 Å². The van der Waals surface area contributed by atoms with Crippen LogP contribution in [0.3, 0.4) is 0 Å². The van der Waals surface area contributed by atoms with E-state index in [1.807, 2.05) is 0 Å². The molecule has 2 unspecified atom stereocenters. The molecule has 0 aliphatic rings. The van der Waals surface area contributed by atoms with Gasteiger partial charge < -0.3 is 10.6 Å². The first-order valence-corrected chi connectivity index (χ1v) is 6.70. The minimum atomic E-state index is 0.521. The van der Waals surface area contributed by atoms with Crippen LogP contribution in [0.1, 0.15) is 46.1 Å². The Bertz CT molecular complexity index is 347. The second kappa shape index (κ2) is 6.53. The largest absolute Gasteiger partial charge is 0.383 e. The van der Waals surface area contributed by atoms with E-state index >= 15 is 0 Å². The maximum atomic E-state index is 3.55. The number of benzene rings is 1. The normalized spacial score (nSPS) is 14.2. The van der Waals surface area contributed by atoms with E-state index in [1.54, 1.807) is 0 Å². The predicted octanol–water partition coefficient (Wildman–Crippen LogP) is 4.42. The highest BCUT2D eigenvalue weighted by Crippen LogP contribution is 2.22. The Kier molecular flexibility index (Phi) is 5.33. The lowest BCUT2D eigenvalue weighted by molar-refractivity contribution is 0.759. The number of hydrogen-bond acceptors (Lipinski definition) is 2. The Morgan fingerprint density at radius 1 is 1.00 bits per heavy atom. The van der Waals surface area contributed by atoms with Crippen molar-refractivity contribution in [2.45, 2.75) is 59.5 Å².